The molecule has 0 unspecified atom stereocenters. The van der Waals surface area contributed by atoms with Crippen molar-refractivity contribution >= 4 is 16.8 Å². The summed E-state index contributed by atoms with van der Waals surface area (Å²) in [5.41, 5.74) is 0. The molecule has 0 saturated carbocycles. The van der Waals surface area contributed by atoms with Crippen molar-refractivity contribution in [3.05, 3.63) is 18.7 Å². The number of rotatable bonds is 2. The molecule has 2 rings (SSSR count). The number of thioether (sulfide) groups is 1. The average molecular weight is 196 g/mol. The van der Waals surface area contributed by atoms with Gasteiger partial charge in [0.1, 0.15) is 0 Å². The molecule has 2 heterocycles. The lowest BCUT2D eigenvalue weighted by molar-refractivity contribution is 0.273. The van der Waals surface area contributed by atoms with Gasteiger partial charge in [-0.2, -0.15) is 0 Å². The molecule has 13 heavy (non-hydrogen) atoms. The van der Waals surface area contributed by atoms with E-state index in [1.807, 2.05) is 12.5 Å². The van der Waals surface area contributed by atoms with Gasteiger partial charge in [-0.1, -0.05) is 0 Å². The van der Waals surface area contributed by atoms with E-state index in [1.54, 1.807) is 18.0 Å². The van der Waals surface area contributed by atoms with E-state index < -0.39 is 0 Å². The minimum atomic E-state index is 0.814. The highest BCUT2D eigenvalue weighted by atomic mass is 32.2. The zero-order valence-corrected chi connectivity index (χ0v) is 8.37. The Labute approximate surface area is 81.7 Å². The zero-order valence-electron chi connectivity index (χ0n) is 7.55. The molecule has 5 heteroatoms. The van der Waals surface area contributed by atoms with Crippen LogP contribution in [0, 0.1) is 0 Å². The smallest absolute Gasteiger partial charge is 0.0957 e. The van der Waals surface area contributed by atoms with E-state index in [-0.39, 0.29) is 0 Å². The molecular weight excluding hydrogens is 184 g/mol. The molecule has 0 aliphatic carbocycles. The standard InChI is InChI=1S/C8H12N4S/c1-13-8-4-12(6-10-8)7-11-3-2-9-5-11/h2-3,5H,4,6-7H2,1H3. The molecule has 0 fully saturated rings. The van der Waals surface area contributed by atoms with Crippen molar-refractivity contribution in [2.24, 2.45) is 4.99 Å². The van der Waals surface area contributed by atoms with Crippen molar-refractivity contribution in [1.29, 1.82) is 0 Å². The fourth-order valence-electron chi connectivity index (χ4n) is 1.30. The minimum absolute atomic E-state index is 0.814. The highest BCUT2D eigenvalue weighted by Gasteiger charge is 2.14. The molecule has 4 nitrogen and oxygen atoms in total. The van der Waals surface area contributed by atoms with Gasteiger partial charge >= 0.3 is 0 Å². The van der Waals surface area contributed by atoms with Crippen molar-refractivity contribution in [3.8, 4) is 0 Å². The second-order valence-corrected chi connectivity index (χ2v) is 3.82. The predicted molar refractivity (Wildman–Crippen MR) is 54.8 cm³/mol. The van der Waals surface area contributed by atoms with Crippen LogP contribution in [0.25, 0.3) is 0 Å². The summed E-state index contributed by atoms with van der Waals surface area (Å²) in [6.07, 6.45) is 7.67. The van der Waals surface area contributed by atoms with Crippen LogP contribution < -0.4 is 0 Å². The molecule has 70 valence electrons. The van der Waals surface area contributed by atoms with Gasteiger partial charge in [0.05, 0.1) is 24.7 Å². The zero-order chi connectivity index (χ0) is 9.10. The first kappa shape index (κ1) is 8.77. The SMILES string of the molecule is CSC1=NCN(Cn2ccnc2)C1. The Kier molecular flexibility index (Phi) is 2.65. The molecule has 0 bridgehead atoms. The molecule has 0 aromatic carbocycles. The quantitative estimate of drug-likeness (QED) is 0.704. The van der Waals surface area contributed by atoms with Gasteiger partial charge in [-0.05, 0) is 6.26 Å². The molecule has 0 saturated heterocycles. The second-order valence-electron chi connectivity index (χ2n) is 2.94. The summed E-state index contributed by atoms with van der Waals surface area (Å²) in [7, 11) is 0. The van der Waals surface area contributed by atoms with E-state index in [2.05, 4.69) is 25.7 Å². The van der Waals surface area contributed by atoms with Gasteiger partial charge in [0.25, 0.3) is 0 Å². The van der Waals surface area contributed by atoms with Crippen molar-refractivity contribution < 1.29 is 0 Å². The Morgan fingerprint density at radius 2 is 2.54 bits per heavy atom. The second kappa shape index (κ2) is 3.93. The number of aliphatic imine (C=N–C) groups is 1. The van der Waals surface area contributed by atoms with Crippen LogP contribution in [0.3, 0.4) is 0 Å². The summed E-state index contributed by atoms with van der Waals surface area (Å²) >= 11 is 1.73. The highest BCUT2D eigenvalue weighted by Crippen LogP contribution is 2.09. The van der Waals surface area contributed by atoms with E-state index in [0.29, 0.717) is 0 Å². The van der Waals surface area contributed by atoms with Crippen LogP contribution in [0.5, 0.6) is 0 Å². The maximum Gasteiger partial charge on any atom is 0.0957 e. The largest absolute Gasteiger partial charge is 0.324 e. The molecule has 0 N–H and O–H groups in total. The molecule has 0 radical (unpaired) electrons. The predicted octanol–water partition coefficient (Wildman–Crippen LogP) is 0.875. The first-order valence-electron chi connectivity index (χ1n) is 4.14. The first-order chi connectivity index (χ1) is 6.38. The topological polar surface area (TPSA) is 33.4 Å². The van der Waals surface area contributed by atoms with E-state index in [1.165, 1.54) is 5.04 Å². The monoisotopic (exact) mass is 196 g/mol. The van der Waals surface area contributed by atoms with Gasteiger partial charge in [0.15, 0.2) is 0 Å². The molecule has 0 amide bonds. The summed E-state index contributed by atoms with van der Waals surface area (Å²) in [6.45, 7) is 2.67. The Morgan fingerprint density at radius 1 is 1.62 bits per heavy atom. The molecule has 0 spiro atoms. The lowest BCUT2D eigenvalue weighted by Crippen LogP contribution is -2.24. The van der Waals surface area contributed by atoms with Crippen molar-refractivity contribution in [3.63, 3.8) is 0 Å². The fourth-order valence-corrected chi connectivity index (χ4v) is 1.79. The summed E-state index contributed by atoms with van der Waals surface area (Å²) in [4.78, 5) is 10.7. The van der Waals surface area contributed by atoms with Gasteiger partial charge in [-0.15, -0.1) is 11.8 Å². The van der Waals surface area contributed by atoms with Gasteiger partial charge < -0.3 is 4.57 Å². The molecular formula is C8H12N4S. The number of aromatic nitrogens is 2. The Morgan fingerprint density at radius 3 is 3.15 bits per heavy atom. The van der Waals surface area contributed by atoms with Gasteiger partial charge in [0.2, 0.25) is 0 Å². The average Bonchev–Trinajstić information content (AvgIpc) is 2.76. The molecule has 1 aromatic heterocycles. The lowest BCUT2D eigenvalue weighted by atomic mass is 10.6. The number of hydrogen-bond acceptors (Lipinski definition) is 4. The van der Waals surface area contributed by atoms with Crippen LogP contribution >= 0.6 is 11.8 Å². The molecule has 1 aromatic rings. The van der Waals surface area contributed by atoms with E-state index in [9.17, 15) is 0 Å². The number of imidazole rings is 1. The Bertz CT molecular complexity index is 293. The Hall–Kier alpha value is -0.810. The van der Waals surface area contributed by atoms with Crippen molar-refractivity contribution in [1.82, 2.24) is 14.5 Å². The van der Waals surface area contributed by atoms with Gasteiger partial charge in [0, 0.05) is 18.9 Å². The van der Waals surface area contributed by atoms with E-state index in [0.717, 1.165) is 19.9 Å². The molecule has 1 aliphatic heterocycles. The summed E-state index contributed by atoms with van der Waals surface area (Å²) < 4.78 is 2.05. The van der Waals surface area contributed by atoms with Gasteiger partial charge in [-0.3, -0.25) is 9.89 Å². The minimum Gasteiger partial charge on any atom is -0.324 e. The van der Waals surface area contributed by atoms with Crippen LogP contribution in [0.4, 0.5) is 0 Å². The summed E-state index contributed by atoms with van der Waals surface area (Å²) in [5, 5.41) is 1.22. The van der Waals surface area contributed by atoms with Crippen LogP contribution in [-0.2, 0) is 6.67 Å². The third-order valence-corrected chi connectivity index (χ3v) is 2.69. The molecule has 1 aliphatic rings. The summed E-state index contributed by atoms with van der Waals surface area (Å²) in [5.74, 6) is 0. The number of nitrogens with zero attached hydrogens (tertiary/aromatic N) is 4. The Balaban J connectivity index is 1.86. The van der Waals surface area contributed by atoms with Crippen molar-refractivity contribution in [2.45, 2.75) is 6.67 Å². The fraction of sp³-hybridized carbons (Fsp3) is 0.500. The third kappa shape index (κ3) is 2.10. The highest BCUT2D eigenvalue weighted by molar-refractivity contribution is 8.13. The van der Waals surface area contributed by atoms with E-state index in [4.69, 9.17) is 0 Å². The van der Waals surface area contributed by atoms with Crippen LogP contribution in [0.2, 0.25) is 0 Å². The third-order valence-electron chi connectivity index (χ3n) is 1.96. The van der Waals surface area contributed by atoms with E-state index >= 15 is 0 Å². The lowest BCUT2D eigenvalue weighted by Gasteiger charge is -2.13. The number of hydrogen-bond donors (Lipinski definition) is 0. The normalized spacial score (nSPS) is 17.8. The maximum atomic E-state index is 4.39. The van der Waals surface area contributed by atoms with Crippen LogP contribution in [0.15, 0.2) is 23.7 Å². The van der Waals surface area contributed by atoms with Crippen LogP contribution in [0.1, 0.15) is 0 Å². The first-order valence-corrected chi connectivity index (χ1v) is 5.36. The van der Waals surface area contributed by atoms with Crippen LogP contribution in [-0.4, -0.2) is 39.0 Å². The van der Waals surface area contributed by atoms with Crippen molar-refractivity contribution in [2.75, 3.05) is 19.5 Å². The molecule has 0 atom stereocenters. The maximum absolute atomic E-state index is 4.39. The van der Waals surface area contributed by atoms with Gasteiger partial charge in [-0.25, -0.2) is 4.98 Å². The summed E-state index contributed by atoms with van der Waals surface area (Å²) in [6, 6.07) is 0.